The third-order valence-corrected chi connectivity index (χ3v) is 6.03. The van der Waals surface area contributed by atoms with Crippen LogP contribution >= 0.6 is 11.6 Å². The lowest BCUT2D eigenvalue weighted by molar-refractivity contribution is -0.119. The van der Waals surface area contributed by atoms with Crippen molar-refractivity contribution in [3.05, 3.63) is 53.1 Å². The van der Waals surface area contributed by atoms with E-state index in [2.05, 4.69) is 16.8 Å². The summed E-state index contributed by atoms with van der Waals surface area (Å²) in [6, 6.07) is 12.4. The molecule has 2 aliphatic rings. The van der Waals surface area contributed by atoms with Gasteiger partial charge in [0.2, 0.25) is 0 Å². The fraction of sp³-hybridized carbons (Fsp3) is 0.304. The van der Waals surface area contributed by atoms with Crippen molar-refractivity contribution in [3.8, 4) is 11.5 Å². The van der Waals surface area contributed by atoms with E-state index >= 15 is 0 Å². The summed E-state index contributed by atoms with van der Waals surface area (Å²) in [5.74, 6) is -0.0262. The van der Waals surface area contributed by atoms with Gasteiger partial charge in [-0.3, -0.25) is 9.59 Å². The molecule has 1 saturated heterocycles. The number of amides is 2. The summed E-state index contributed by atoms with van der Waals surface area (Å²) in [6.45, 7) is 3.88. The second-order valence-electron chi connectivity index (χ2n) is 7.51. The molecule has 2 aromatic carbocycles. The van der Waals surface area contributed by atoms with E-state index in [-0.39, 0.29) is 10.6 Å². The number of ether oxygens (including phenoxy) is 2. The molecule has 0 bridgehead atoms. The van der Waals surface area contributed by atoms with Gasteiger partial charge in [-0.1, -0.05) is 17.7 Å². The molecular formula is C23H24ClN3O4. The molecular weight excluding hydrogens is 418 g/mol. The van der Waals surface area contributed by atoms with Crippen LogP contribution in [0.3, 0.4) is 0 Å². The van der Waals surface area contributed by atoms with E-state index in [0.29, 0.717) is 22.7 Å². The number of benzene rings is 2. The fourth-order valence-electron chi connectivity index (χ4n) is 3.86. The third kappa shape index (κ3) is 3.86. The van der Waals surface area contributed by atoms with Gasteiger partial charge in [-0.05, 0) is 49.0 Å². The Labute approximate surface area is 186 Å². The van der Waals surface area contributed by atoms with Crippen LogP contribution in [0.1, 0.15) is 5.56 Å². The highest BCUT2D eigenvalue weighted by atomic mass is 35.5. The van der Waals surface area contributed by atoms with Crippen molar-refractivity contribution in [1.82, 2.24) is 4.90 Å². The minimum Gasteiger partial charge on any atom is -0.493 e. The molecule has 4 rings (SSSR count). The number of likely N-dealkylation sites (N-methyl/N-ethyl adjacent to an activating group) is 1. The minimum absolute atomic E-state index is 0.111. The molecule has 0 spiro atoms. The molecule has 2 aromatic rings. The second-order valence-corrected chi connectivity index (χ2v) is 7.89. The molecule has 162 valence electrons. The van der Waals surface area contributed by atoms with E-state index in [1.807, 2.05) is 12.1 Å². The van der Waals surface area contributed by atoms with Gasteiger partial charge in [0.05, 0.1) is 25.5 Å². The number of hydrogen-bond donors (Lipinski definition) is 0. The maximum atomic E-state index is 13.2. The monoisotopic (exact) mass is 441 g/mol. The predicted molar refractivity (Wildman–Crippen MR) is 121 cm³/mol. The van der Waals surface area contributed by atoms with Crippen LogP contribution in [0.15, 0.2) is 47.5 Å². The molecule has 2 heterocycles. The number of carbonyl (C=O) groups is 2. The largest absolute Gasteiger partial charge is 0.493 e. The van der Waals surface area contributed by atoms with Gasteiger partial charge in [0.25, 0.3) is 11.8 Å². The van der Waals surface area contributed by atoms with Crippen LogP contribution in [0.2, 0.25) is 0 Å². The molecule has 2 aliphatic heterocycles. The lowest BCUT2D eigenvalue weighted by Crippen LogP contribution is -2.44. The first-order valence-corrected chi connectivity index (χ1v) is 10.4. The summed E-state index contributed by atoms with van der Waals surface area (Å²) < 4.78 is 10.6. The SMILES string of the molecule is COc1ccc(C2=C(Cl)C(=O)N(c3ccc(N4CCN(C)CC4)cc3)C2=O)cc1OC. The van der Waals surface area contributed by atoms with Crippen molar-refractivity contribution in [1.29, 1.82) is 0 Å². The van der Waals surface area contributed by atoms with Crippen molar-refractivity contribution >= 4 is 40.4 Å². The van der Waals surface area contributed by atoms with Crippen LogP contribution in [0.4, 0.5) is 11.4 Å². The van der Waals surface area contributed by atoms with Gasteiger partial charge in [-0.15, -0.1) is 0 Å². The highest BCUT2D eigenvalue weighted by Crippen LogP contribution is 2.38. The fourth-order valence-corrected chi connectivity index (χ4v) is 4.13. The Bertz CT molecular complexity index is 1040. The Kier molecular flexibility index (Phi) is 5.89. The highest BCUT2D eigenvalue weighted by molar-refractivity contribution is 6.60. The summed E-state index contributed by atoms with van der Waals surface area (Å²) in [4.78, 5) is 31.7. The Hall–Kier alpha value is -3.03. The van der Waals surface area contributed by atoms with Gasteiger partial charge >= 0.3 is 0 Å². The number of rotatable bonds is 5. The van der Waals surface area contributed by atoms with E-state index in [1.165, 1.54) is 14.2 Å². The Morgan fingerprint density at radius 2 is 1.42 bits per heavy atom. The number of imide groups is 1. The van der Waals surface area contributed by atoms with Crippen LogP contribution in [0.5, 0.6) is 11.5 Å². The normalized spacial score (nSPS) is 17.5. The standard InChI is InChI=1S/C23H24ClN3O4/c1-25-10-12-26(13-11-25)16-5-7-17(8-6-16)27-22(28)20(21(24)23(27)29)15-4-9-18(30-2)19(14-15)31-3/h4-9,14H,10-13H2,1-3H3. The first-order valence-electron chi connectivity index (χ1n) is 9.99. The Balaban J connectivity index is 1.59. The zero-order valence-electron chi connectivity index (χ0n) is 17.7. The molecule has 0 saturated carbocycles. The number of hydrogen-bond acceptors (Lipinski definition) is 6. The van der Waals surface area contributed by atoms with Crippen LogP contribution in [-0.4, -0.2) is 64.2 Å². The van der Waals surface area contributed by atoms with Crippen molar-refractivity contribution in [3.63, 3.8) is 0 Å². The number of halogens is 1. The Morgan fingerprint density at radius 1 is 0.806 bits per heavy atom. The molecule has 31 heavy (non-hydrogen) atoms. The van der Waals surface area contributed by atoms with Gasteiger partial charge in [0, 0.05) is 31.9 Å². The van der Waals surface area contributed by atoms with Gasteiger partial charge in [-0.2, -0.15) is 0 Å². The van der Waals surface area contributed by atoms with Crippen LogP contribution in [-0.2, 0) is 9.59 Å². The average molecular weight is 442 g/mol. The number of anilines is 2. The lowest BCUT2D eigenvalue weighted by Gasteiger charge is -2.34. The number of piperazine rings is 1. The van der Waals surface area contributed by atoms with E-state index in [1.54, 1.807) is 30.3 Å². The second kappa shape index (κ2) is 8.61. The van der Waals surface area contributed by atoms with Crippen LogP contribution < -0.4 is 19.3 Å². The van der Waals surface area contributed by atoms with Gasteiger partial charge < -0.3 is 19.3 Å². The molecule has 8 heteroatoms. The molecule has 0 unspecified atom stereocenters. The molecule has 0 aromatic heterocycles. The third-order valence-electron chi connectivity index (χ3n) is 5.68. The van der Waals surface area contributed by atoms with Gasteiger partial charge in [0.1, 0.15) is 5.03 Å². The molecule has 7 nitrogen and oxygen atoms in total. The zero-order valence-corrected chi connectivity index (χ0v) is 18.5. The van der Waals surface area contributed by atoms with Crippen LogP contribution in [0.25, 0.3) is 5.57 Å². The first kappa shape index (κ1) is 21.2. The summed E-state index contributed by atoms with van der Waals surface area (Å²) in [5, 5.41) is -0.111. The van der Waals surface area contributed by atoms with E-state index < -0.39 is 11.8 Å². The maximum Gasteiger partial charge on any atom is 0.277 e. The van der Waals surface area contributed by atoms with E-state index in [4.69, 9.17) is 21.1 Å². The molecule has 0 radical (unpaired) electrons. The van der Waals surface area contributed by atoms with Crippen molar-refractivity contribution in [2.75, 3.05) is 57.2 Å². The molecule has 2 amide bonds. The molecule has 0 aliphatic carbocycles. The van der Waals surface area contributed by atoms with Crippen molar-refractivity contribution < 1.29 is 19.1 Å². The Morgan fingerprint density at radius 3 is 2.03 bits per heavy atom. The smallest absolute Gasteiger partial charge is 0.277 e. The molecule has 0 N–H and O–H groups in total. The topological polar surface area (TPSA) is 62.3 Å². The number of carbonyl (C=O) groups excluding carboxylic acids is 2. The quantitative estimate of drug-likeness (QED) is 0.665. The molecule has 0 atom stereocenters. The molecule has 1 fully saturated rings. The van der Waals surface area contributed by atoms with E-state index in [9.17, 15) is 9.59 Å². The number of methoxy groups -OCH3 is 2. The first-order chi connectivity index (χ1) is 14.9. The minimum atomic E-state index is -0.538. The summed E-state index contributed by atoms with van der Waals surface area (Å²) in [7, 11) is 5.15. The summed E-state index contributed by atoms with van der Waals surface area (Å²) in [5.41, 5.74) is 2.20. The average Bonchev–Trinajstić information content (AvgIpc) is 3.02. The highest BCUT2D eigenvalue weighted by Gasteiger charge is 2.39. The van der Waals surface area contributed by atoms with Gasteiger partial charge in [-0.25, -0.2) is 4.90 Å². The van der Waals surface area contributed by atoms with Crippen LogP contribution in [0, 0.1) is 0 Å². The predicted octanol–water partition coefficient (Wildman–Crippen LogP) is 2.98. The maximum absolute atomic E-state index is 13.2. The van der Waals surface area contributed by atoms with E-state index in [0.717, 1.165) is 36.8 Å². The summed E-state index contributed by atoms with van der Waals surface area (Å²) in [6.07, 6.45) is 0. The van der Waals surface area contributed by atoms with Gasteiger partial charge in [0.15, 0.2) is 11.5 Å². The number of nitrogens with zero attached hydrogens (tertiary/aromatic N) is 3. The van der Waals surface area contributed by atoms with Crippen molar-refractivity contribution in [2.45, 2.75) is 0 Å². The lowest BCUT2D eigenvalue weighted by atomic mass is 10.1. The van der Waals surface area contributed by atoms with Crippen molar-refractivity contribution in [2.24, 2.45) is 0 Å². The zero-order chi connectivity index (χ0) is 22.1. The summed E-state index contributed by atoms with van der Waals surface area (Å²) >= 11 is 6.32.